The Morgan fingerprint density at radius 1 is 1.36 bits per heavy atom. The molecule has 0 radical (unpaired) electrons. The van der Waals surface area contributed by atoms with Crippen LogP contribution in [0.5, 0.6) is 0 Å². The summed E-state index contributed by atoms with van der Waals surface area (Å²) < 4.78 is 6.65. The summed E-state index contributed by atoms with van der Waals surface area (Å²) in [5.41, 5.74) is 3.27. The molecular weight excluding hydrogens is 318 g/mol. The third-order valence-electron chi connectivity index (χ3n) is 4.67. The summed E-state index contributed by atoms with van der Waals surface area (Å²) in [6.07, 6.45) is 8.06. The predicted octanol–water partition coefficient (Wildman–Crippen LogP) is 2.60. The standard InChI is InChI=1S/C19H25N3O3/c1-25-12-11-22-17-8-7-15(13-16(17)21-19(22)24)18(23)20-10-9-14-5-3-2-4-6-14/h5,7-8,13H,2-4,6,9-12H2,1H3,(H,20,23)(H,21,24). The number of H-pyrrole nitrogens is 1. The number of nitrogens with zero attached hydrogens (tertiary/aromatic N) is 1. The van der Waals surface area contributed by atoms with Crippen molar-refractivity contribution in [2.45, 2.75) is 38.6 Å². The lowest BCUT2D eigenvalue weighted by Gasteiger charge is -2.13. The number of hydrogen-bond acceptors (Lipinski definition) is 3. The maximum absolute atomic E-state index is 12.3. The second-order valence-electron chi connectivity index (χ2n) is 6.42. The smallest absolute Gasteiger partial charge is 0.326 e. The first kappa shape index (κ1) is 17.5. The lowest BCUT2D eigenvalue weighted by Crippen LogP contribution is -2.24. The van der Waals surface area contributed by atoms with Crippen molar-refractivity contribution in [1.29, 1.82) is 0 Å². The van der Waals surface area contributed by atoms with Crippen LogP contribution in [0.3, 0.4) is 0 Å². The van der Waals surface area contributed by atoms with Crippen molar-refractivity contribution in [3.05, 3.63) is 45.9 Å². The number of nitrogens with one attached hydrogen (secondary N) is 2. The predicted molar refractivity (Wildman–Crippen MR) is 97.9 cm³/mol. The number of hydrogen-bond donors (Lipinski definition) is 2. The van der Waals surface area contributed by atoms with Gasteiger partial charge in [0.25, 0.3) is 5.91 Å². The summed E-state index contributed by atoms with van der Waals surface area (Å²) in [7, 11) is 1.60. The van der Waals surface area contributed by atoms with E-state index in [1.165, 1.54) is 18.4 Å². The minimum Gasteiger partial charge on any atom is -0.383 e. The number of imidazole rings is 1. The largest absolute Gasteiger partial charge is 0.383 e. The molecule has 6 nitrogen and oxygen atoms in total. The molecule has 0 atom stereocenters. The molecular formula is C19H25N3O3. The van der Waals surface area contributed by atoms with Crippen molar-refractivity contribution in [3.8, 4) is 0 Å². The van der Waals surface area contributed by atoms with E-state index >= 15 is 0 Å². The van der Waals surface area contributed by atoms with Crippen LogP contribution in [-0.2, 0) is 11.3 Å². The molecule has 134 valence electrons. The molecule has 0 bridgehead atoms. The van der Waals surface area contributed by atoms with Crippen molar-refractivity contribution >= 4 is 16.9 Å². The Labute approximate surface area is 146 Å². The third-order valence-corrected chi connectivity index (χ3v) is 4.67. The number of carbonyl (C=O) groups is 1. The van der Waals surface area contributed by atoms with Gasteiger partial charge in [-0.1, -0.05) is 11.6 Å². The molecule has 2 aromatic rings. The summed E-state index contributed by atoms with van der Waals surface area (Å²) in [5.74, 6) is -0.108. The Morgan fingerprint density at radius 2 is 2.24 bits per heavy atom. The fourth-order valence-electron chi connectivity index (χ4n) is 3.28. The first-order valence-corrected chi connectivity index (χ1v) is 8.86. The van der Waals surface area contributed by atoms with Crippen LogP contribution in [0.25, 0.3) is 11.0 Å². The number of rotatable bonds is 7. The van der Waals surface area contributed by atoms with Gasteiger partial charge in [-0.25, -0.2) is 4.79 Å². The van der Waals surface area contributed by atoms with Crippen molar-refractivity contribution < 1.29 is 9.53 Å². The molecule has 25 heavy (non-hydrogen) atoms. The topological polar surface area (TPSA) is 76.1 Å². The maximum Gasteiger partial charge on any atom is 0.326 e. The van der Waals surface area contributed by atoms with E-state index in [2.05, 4.69) is 16.4 Å². The van der Waals surface area contributed by atoms with E-state index in [1.54, 1.807) is 23.8 Å². The van der Waals surface area contributed by atoms with E-state index < -0.39 is 0 Å². The summed E-state index contributed by atoms with van der Waals surface area (Å²) in [4.78, 5) is 27.2. The Bertz CT molecular complexity index is 832. The van der Waals surface area contributed by atoms with Crippen molar-refractivity contribution in [3.63, 3.8) is 0 Å². The molecule has 1 aromatic carbocycles. The highest BCUT2D eigenvalue weighted by atomic mass is 16.5. The minimum absolute atomic E-state index is 0.108. The minimum atomic E-state index is -0.186. The van der Waals surface area contributed by atoms with E-state index in [4.69, 9.17) is 4.74 Å². The van der Waals surface area contributed by atoms with E-state index in [1.807, 2.05) is 6.07 Å². The number of aromatic amines is 1. The Kier molecular flexibility index (Phi) is 5.71. The van der Waals surface area contributed by atoms with Crippen LogP contribution in [0.4, 0.5) is 0 Å². The van der Waals surface area contributed by atoms with E-state index in [0.717, 1.165) is 24.8 Å². The fourth-order valence-corrected chi connectivity index (χ4v) is 3.28. The van der Waals surface area contributed by atoms with Gasteiger partial charge in [0.15, 0.2) is 0 Å². The Balaban J connectivity index is 1.65. The van der Waals surface area contributed by atoms with Crippen LogP contribution in [0.2, 0.25) is 0 Å². The van der Waals surface area contributed by atoms with Gasteiger partial charge in [0.2, 0.25) is 0 Å². The number of ether oxygens (including phenoxy) is 1. The molecule has 0 spiro atoms. The number of benzene rings is 1. The lowest BCUT2D eigenvalue weighted by atomic mass is 9.97. The molecule has 0 saturated carbocycles. The number of allylic oxidation sites excluding steroid dienone is 1. The highest BCUT2D eigenvalue weighted by Gasteiger charge is 2.11. The first-order chi connectivity index (χ1) is 12.2. The molecule has 1 aliphatic rings. The first-order valence-electron chi connectivity index (χ1n) is 8.86. The quantitative estimate of drug-likeness (QED) is 0.759. The number of aromatic nitrogens is 2. The fraction of sp³-hybridized carbons (Fsp3) is 0.474. The zero-order valence-corrected chi connectivity index (χ0v) is 14.6. The zero-order chi connectivity index (χ0) is 17.6. The van der Waals surface area contributed by atoms with Gasteiger partial charge in [0.1, 0.15) is 0 Å². The lowest BCUT2D eigenvalue weighted by molar-refractivity contribution is 0.0954. The van der Waals surface area contributed by atoms with Gasteiger partial charge < -0.3 is 15.0 Å². The molecule has 0 fully saturated rings. The van der Waals surface area contributed by atoms with Crippen molar-refractivity contribution in [2.75, 3.05) is 20.3 Å². The van der Waals surface area contributed by atoms with Crippen LogP contribution in [0.15, 0.2) is 34.6 Å². The summed E-state index contributed by atoms with van der Waals surface area (Å²) >= 11 is 0. The zero-order valence-electron chi connectivity index (χ0n) is 14.6. The van der Waals surface area contributed by atoms with Crippen LogP contribution >= 0.6 is 0 Å². The van der Waals surface area contributed by atoms with Gasteiger partial charge in [0, 0.05) is 19.2 Å². The monoisotopic (exact) mass is 343 g/mol. The second-order valence-corrected chi connectivity index (χ2v) is 6.42. The summed E-state index contributed by atoms with van der Waals surface area (Å²) in [5, 5.41) is 2.97. The van der Waals surface area contributed by atoms with Gasteiger partial charge in [-0.2, -0.15) is 0 Å². The number of fused-ring (bicyclic) bond motifs is 1. The molecule has 1 aliphatic carbocycles. The third kappa shape index (κ3) is 4.20. The van der Waals surface area contributed by atoms with Crippen LogP contribution in [0, 0.1) is 0 Å². The molecule has 2 N–H and O–H groups in total. The molecule has 1 aromatic heterocycles. The normalized spacial score (nSPS) is 14.5. The molecule has 0 aliphatic heterocycles. The van der Waals surface area contributed by atoms with Crippen molar-refractivity contribution in [1.82, 2.24) is 14.9 Å². The SMILES string of the molecule is COCCn1c(=O)[nH]c2cc(C(=O)NCCC3=CCCCC3)ccc21. The van der Waals surface area contributed by atoms with E-state index in [-0.39, 0.29) is 11.6 Å². The number of amides is 1. The van der Waals surface area contributed by atoms with E-state index in [9.17, 15) is 9.59 Å². The average molecular weight is 343 g/mol. The van der Waals surface area contributed by atoms with Crippen LogP contribution in [-0.4, -0.2) is 35.7 Å². The van der Waals surface area contributed by atoms with Crippen LogP contribution < -0.4 is 11.0 Å². The Morgan fingerprint density at radius 3 is 3.00 bits per heavy atom. The summed E-state index contributed by atoms with van der Waals surface area (Å²) in [6.45, 7) is 1.59. The molecule has 1 heterocycles. The molecule has 6 heteroatoms. The van der Waals surface area contributed by atoms with Gasteiger partial charge in [0.05, 0.1) is 24.2 Å². The van der Waals surface area contributed by atoms with Crippen molar-refractivity contribution in [2.24, 2.45) is 0 Å². The molecule has 0 saturated heterocycles. The molecule has 1 amide bonds. The van der Waals surface area contributed by atoms with E-state index in [0.29, 0.717) is 30.8 Å². The van der Waals surface area contributed by atoms with Gasteiger partial charge >= 0.3 is 5.69 Å². The highest BCUT2D eigenvalue weighted by Crippen LogP contribution is 2.19. The van der Waals surface area contributed by atoms with Gasteiger partial charge in [-0.05, 0) is 50.3 Å². The Hall–Kier alpha value is -2.34. The van der Waals surface area contributed by atoms with Gasteiger partial charge in [-0.3, -0.25) is 9.36 Å². The average Bonchev–Trinajstić information content (AvgIpc) is 2.95. The van der Waals surface area contributed by atoms with Crippen LogP contribution in [0.1, 0.15) is 42.5 Å². The second kappa shape index (κ2) is 8.16. The van der Waals surface area contributed by atoms with Gasteiger partial charge in [-0.15, -0.1) is 0 Å². The summed E-state index contributed by atoms with van der Waals surface area (Å²) in [6, 6.07) is 5.30. The number of carbonyl (C=O) groups excluding carboxylic acids is 1. The highest BCUT2D eigenvalue weighted by molar-refractivity contribution is 5.97. The number of methoxy groups -OCH3 is 1. The molecule has 3 rings (SSSR count). The molecule has 0 unspecified atom stereocenters. The maximum atomic E-state index is 12.3.